The van der Waals surface area contributed by atoms with Gasteiger partial charge in [-0.1, -0.05) is 0 Å². The lowest BCUT2D eigenvalue weighted by Gasteiger charge is -1.85. The quantitative estimate of drug-likeness (QED) is 0.412. The van der Waals surface area contributed by atoms with E-state index in [1.807, 2.05) is 0 Å². The zero-order valence-corrected chi connectivity index (χ0v) is 6.11. The van der Waals surface area contributed by atoms with Crippen LogP contribution in [0, 0.1) is 5.41 Å². The molecule has 54 valence electrons. The predicted molar refractivity (Wildman–Crippen MR) is 41.0 cm³/mol. The van der Waals surface area contributed by atoms with Crippen molar-refractivity contribution < 1.29 is 0 Å². The lowest BCUT2D eigenvalue weighted by atomic mass is 10.5. The number of nitrogen functional groups attached to an aromatic ring is 1. The van der Waals surface area contributed by atoms with Crippen molar-refractivity contribution in [1.29, 1.82) is 5.41 Å². The Balaban J connectivity index is 2.88. The lowest BCUT2D eigenvalue weighted by Crippen LogP contribution is -2.08. The Labute approximate surface area is 62.4 Å². The molecule has 4 nitrogen and oxygen atoms in total. The molecule has 0 aromatic carbocycles. The van der Waals surface area contributed by atoms with Crippen LogP contribution in [0.2, 0.25) is 0 Å². The molecule has 1 rings (SSSR count). The fourth-order valence-corrected chi connectivity index (χ4v) is 1.19. The van der Waals surface area contributed by atoms with Crippen LogP contribution in [0.3, 0.4) is 0 Å². The van der Waals surface area contributed by atoms with Crippen molar-refractivity contribution in [3.8, 4) is 0 Å². The molecule has 0 amide bonds. The van der Waals surface area contributed by atoms with E-state index in [0.717, 1.165) is 5.01 Å². The fourth-order valence-electron chi connectivity index (χ4n) is 0.529. The van der Waals surface area contributed by atoms with Crippen molar-refractivity contribution in [2.24, 2.45) is 11.5 Å². The van der Waals surface area contributed by atoms with Gasteiger partial charge in [0.25, 0.3) is 0 Å². The minimum atomic E-state index is 0.0530. The summed E-state index contributed by atoms with van der Waals surface area (Å²) in [6.45, 7) is 0.415. The molecule has 5 N–H and O–H groups in total. The molecule has 0 atom stereocenters. The van der Waals surface area contributed by atoms with Crippen LogP contribution in [0.5, 0.6) is 0 Å². The highest BCUT2D eigenvalue weighted by atomic mass is 32.1. The highest BCUT2D eigenvalue weighted by Crippen LogP contribution is 2.10. The van der Waals surface area contributed by atoms with Crippen LogP contribution in [0.15, 0.2) is 6.20 Å². The van der Waals surface area contributed by atoms with Gasteiger partial charge in [-0.3, -0.25) is 5.41 Å². The van der Waals surface area contributed by atoms with E-state index >= 15 is 0 Å². The van der Waals surface area contributed by atoms with Crippen molar-refractivity contribution in [3.05, 3.63) is 16.1 Å². The number of aromatic nitrogens is 1. The topological polar surface area (TPSA) is 88.8 Å². The number of hydrogen-bond acceptors (Lipinski definition) is 4. The Morgan fingerprint density at radius 2 is 2.50 bits per heavy atom. The third-order valence-corrected chi connectivity index (χ3v) is 2.05. The second-order valence-corrected chi connectivity index (χ2v) is 2.85. The number of nitrogens with one attached hydrogen (secondary N) is 1. The van der Waals surface area contributed by atoms with E-state index in [0.29, 0.717) is 11.4 Å². The molecule has 0 aliphatic heterocycles. The van der Waals surface area contributed by atoms with Gasteiger partial charge in [-0.05, 0) is 0 Å². The van der Waals surface area contributed by atoms with Crippen LogP contribution in [0.4, 0.5) is 0 Å². The second kappa shape index (κ2) is 2.76. The van der Waals surface area contributed by atoms with E-state index < -0.39 is 0 Å². The molecule has 0 radical (unpaired) electrons. The van der Waals surface area contributed by atoms with Crippen molar-refractivity contribution in [1.82, 2.24) is 4.98 Å². The number of hydrogen-bond donors (Lipinski definition) is 3. The van der Waals surface area contributed by atoms with E-state index in [4.69, 9.17) is 16.9 Å². The Hall–Kier alpha value is -0.940. The molecule has 1 aromatic heterocycles. The monoisotopic (exact) mass is 156 g/mol. The summed E-state index contributed by atoms with van der Waals surface area (Å²) in [5.74, 6) is 0.0530. The van der Waals surface area contributed by atoms with Crippen molar-refractivity contribution in [3.63, 3.8) is 0 Å². The van der Waals surface area contributed by atoms with Crippen molar-refractivity contribution >= 4 is 17.2 Å². The molecule has 0 unspecified atom stereocenters. The van der Waals surface area contributed by atoms with E-state index in [2.05, 4.69) is 4.98 Å². The highest BCUT2D eigenvalue weighted by molar-refractivity contribution is 7.13. The van der Waals surface area contributed by atoms with Gasteiger partial charge < -0.3 is 11.5 Å². The van der Waals surface area contributed by atoms with Gasteiger partial charge in [-0.2, -0.15) is 0 Å². The third kappa shape index (κ3) is 1.31. The molecular formula is C5H8N4S. The molecule has 0 aliphatic carbocycles. The number of thiazole rings is 1. The number of amidine groups is 1. The summed E-state index contributed by atoms with van der Waals surface area (Å²) >= 11 is 1.36. The predicted octanol–water partition coefficient (Wildman–Crippen LogP) is -0.114. The average Bonchev–Trinajstić information content (AvgIpc) is 2.34. The summed E-state index contributed by atoms with van der Waals surface area (Å²) in [5.41, 5.74) is 10.5. The van der Waals surface area contributed by atoms with Crippen LogP contribution in [0.25, 0.3) is 0 Å². The normalized spacial score (nSPS) is 9.70. The van der Waals surface area contributed by atoms with Gasteiger partial charge in [0.05, 0.1) is 4.88 Å². The summed E-state index contributed by atoms with van der Waals surface area (Å²) in [4.78, 5) is 4.61. The fraction of sp³-hybridized carbons (Fsp3) is 0.200. The van der Waals surface area contributed by atoms with Crippen LogP contribution in [-0.2, 0) is 6.54 Å². The molecule has 1 heterocycles. The van der Waals surface area contributed by atoms with E-state index in [-0.39, 0.29) is 5.84 Å². The summed E-state index contributed by atoms with van der Waals surface area (Å²) in [5, 5.41) is 7.84. The number of nitrogens with zero attached hydrogens (tertiary/aromatic N) is 1. The van der Waals surface area contributed by atoms with Gasteiger partial charge in [0.15, 0.2) is 0 Å². The maximum absolute atomic E-state index is 7.03. The molecule has 10 heavy (non-hydrogen) atoms. The maximum Gasteiger partial charge on any atom is 0.134 e. The molecule has 0 spiro atoms. The van der Waals surface area contributed by atoms with E-state index in [1.165, 1.54) is 11.3 Å². The summed E-state index contributed by atoms with van der Waals surface area (Å²) in [6.07, 6.45) is 1.56. The molecule has 0 saturated carbocycles. The zero-order chi connectivity index (χ0) is 7.56. The summed E-state index contributed by atoms with van der Waals surface area (Å²) < 4.78 is 0. The highest BCUT2D eigenvalue weighted by Gasteiger charge is 2.00. The minimum absolute atomic E-state index is 0.0530. The lowest BCUT2D eigenvalue weighted by molar-refractivity contribution is 1.04. The van der Waals surface area contributed by atoms with Gasteiger partial charge in [0.2, 0.25) is 0 Å². The van der Waals surface area contributed by atoms with Crippen molar-refractivity contribution in [2.75, 3.05) is 0 Å². The standard InChI is InChI=1S/C5H8N4S/c6-1-4-9-2-3(10-4)5(7)8/h2H,1,6H2,(H3,7,8). The molecule has 0 aliphatic rings. The van der Waals surface area contributed by atoms with Crippen molar-refractivity contribution in [2.45, 2.75) is 6.54 Å². The Morgan fingerprint density at radius 3 is 2.80 bits per heavy atom. The van der Waals surface area contributed by atoms with Gasteiger partial charge in [0, 0.05) is 12.7 Å². The van der Waals surface area contributed by atoms with Crippen LogP contribution in [0.1, 0.15) is 9.88 Å². The Bertz CT molecular complexity index is 242. The molecule has 0 bridgehead atoms. The first kappa shape index (κ1) is 7.17. The van der Waals surface area contributed by atoms with E-state index in [1.54, 1.807) is 6.20 Å². The molecule has 1 aromatic rings. The second-order valence-electron chi connectivity index (χ2n) is 1.74. The zero-order valence-electron chi connectivity index (χ0n) is 5.29. The molecule has 5 heteroatoms. The molecule has 0 fully saturated rings. The smallest absolute Gasteiger partial charge is 0.134 e. The van der Waals surface area contributed by atoms with Gasteiger partial charge in [-0.15, -0.1) is 11.3 Å². The first-order chi connectivity index (χ1) is 4.74. The number of nitrogens with two attached hydrogens (primary N) is 2. The summed E-state index contributed by atoms with van der Waals surface area (Å²) in [7, 11) is 0. The third-order valence-electron chi connectivity index (χ3n) is 0.994. The van der Waals surface area contributed by atoms with Crippen LogP contribution >= 0.6 is 11.3 Å². The van der Waals surface area contributed by atoms with Gasteiger partial charge in [0.1, 0.15) is 10.8 Å². The summed E-state index contributed by atoms with van der Waals surface area (Å²) in [6, 6.07) is 0. The van der Waals surface area contributed by atoms with Gasteiger partial charge in [-0.25, -0.2) is 4.98 Å². The van der Waals surface area contributed by atoms with Crippen LogP contribution in [-0.4, -0.2) is 10.8 Å². The first-order valence-electron chi connectivity index (χ1n) is 2.73. The molecule has 0 saturated heterocycles. The largest absolute Gasteiger partial charge is 0.383 e. The van der Waals surface area contributed by atoms with Crippen LogP contribution < -0.4 is 11.5 Å². The maximum atomic E-state index is 7.03. The SMILES string of the molecule is N=C(N)c1cnc(CN)s1. The first-order valence-corrected chi connectivity index (χ1v) is 3.55. The molecular weight excluding hydrogens is 148 g/mol. The number of rotatable bonds is 2. The average molecular weight is 156 g/mol. The minimum Gasteiger partial charge on any atom is -0.383 e. The Morgan fingerprint density at radius 1 is 1.80 bits per heavy atom. The Kier molecular flexibility index (Phi) is 1.98. The van der Waals surface area contributed by atoms with Gasteiger partial charge >= 0.3 is 0 Å². The van der Waals surface area contributed by atoms with E-state index in [9.17, 15) is 0 Å².